The summed E-state index contributed by atoms with van der Waals surface area (Å²) in [4.78, 5) is 0. The fourth-order valence-corrected chi connectivity index (χ4v) is 4.38. The van der Waals surface area contributed by atoms with Crippen molar-refractivity contribution in [3.63, 3.8) is 0 Å². The van der Waals surface area contributed by atoms with Crippen LogP contribution in [0.1, 0.15) is 44.2 Å². The van der Waals surface area contributed by atoms with Crippen LogP contribution in [0.3, 0.4) is 0 Å². The Kier molecular flexibility index (Phi) is 5.50. The number of hydrogen-bond donors (Lipinski definition) is 1. The van der Waals surface area contributed by atoms with Crippen LogP contribution in [0.4, 0.5) is 5.69 Å². The zero-order valence-electron chi connectivity index (χ0n) is 16.4. The van der Waals surface area contributed by atoms with Crippen molar-refractivity contribution in [2.75, 3.05) is 17.6 Å². The summed E-state index contributed by atoms with van der Waals surface area (Å²) in [5.41, 5.74) is 5.07. The minimum absolute atomic E-state index is 0.464. The van der Waals surface area contributed by atoms with E-state index >= 15 is 0 Å². The first kappa shape index (κ1) is 18.8. The topological polar surface area (TPSA) is 50.0 Å². The lowest BCUT2D eigenvalue weighted by molar-refractivity contribution is 0.324. The fraction of sp³-hybridized carbons (Fsp3) is 0.348. The van der Waals surface area contributed by atoms with E-state index in [2.05, 4.69) is 52.6 Å². The van der Waals surface area contributed by atoms with Gasteiger partial charge in [0.1, 0.15) is 11.8 Å². The van der Waals surface area contributed by atoms with Gasteiger partial charge in [-0.05, 0) is 61.6 Å². The molecule has 1 aliphatic rings. The highest BCUT2D eigenvalue weighted by atomic mass is 32.2. The van der Waals surface area contributed by atoms with Gasteiger partial charge in [-0.2, -0.15) is 5.26 Å². The molecule has 1 saturated carbocycles. The lowest BCUT2D eigenvalue weighted by Gasteiger charge is -2.30. The Morgan fingerprint density at radius 2 is 2.00 bits per heavy atom. The van der Waals surface area contributed by atoms with Crippen LogP contribution in [-0.4, -0.2) is 17.4 Å². The molecule has 0 amide bonds. The number of nitrogens with one attached hydrogen (secondary N) is 1. The van der Waals surface area contributed by atoms with E-state index in [4.69, 9.17) is 4.74 Å². The molecule has 0 bridgehead atoms. The largest absolute Gasteiger partial charge is 0.497 e. The molecule has 1 heterocycles. The number of fused-ring (bicyclic) bond motifs is 1. The van der Waals surface area contributed by atoms with E-state index in [1.807, 2.05) is 12.1 Å². The maximum Gasteiger partial charge on any atom is 0.119 e. The van der Waals surface area contributed by atoms with E-state index in [0.717, 1.165) is 51.3 Å². The Bertz CT molecular complexity index is 1010. The lowest BCUT2D eigenvalue weighted by atomic mass is 9.92. The van der Waals surface area contributed by atoms with Gasteiger partial charge in [-0.3, -0.25) is 0 Å². The summed E-state index contributed by atoms with van der Waals surface area (Å²) in [5.74, 6) is 1.87. The molecule has 0 unspecified atom stereocenters. The van der Waals surface area contributed by atoms with Crippen molar-refractivity contribution in [2.45, 2.75) is 38.6 Å². The van der Waals surface area contributed by atoms with E-state index in [9.17, 15) is 5.26 Å². The summed E-state index contributed by atoms with van der Waals surface area (Å²) in [6.07, 6.45) is 4.73. The van der Waals surface area contributed by atoms with Crippen LogP contribution in [-0.2, 0) is 0 Å². The second-order valence-electron chi connectivity index (χ2n) is 7.20. The van der Waals surface area contributed by atoms with E-state index in [1.54, 1.807) is 19.1 Å². The highest BCUT2D eigenvalue weighted by Gasteiger charge is 2.27. The summed E-state index contributed by atoms with van der Waals surface area (Å²) in [6.45, 7) is 2.18. The summed E-state index contributed by atoms with van der Waals surface area (Å²) >= 11 is 1.72. The Morgan fingerprint density at radius 1 is 1.21 bits per heavy atom. The van der Waals surface area contributed by atoms with Gasteiger partial charge in [0.15, 0.2) is 0 Å². The molecule has 4 rings (SSSR count). The van der Waals surface area contributed by atoms with Crippen molar-refractivity contribution in [3.8, 4) is 23.1 Å². The molecule has 144 valence electrons. The molecule has 3 aromatic rings. The second kappa shape index (κ2) is 8.20. The lowest BCUT2D eigenvalue weighted by Crippen LogP contribution is -2.17. The molecule has 1 N–H and O–H groups in total. The molecule has 0 saturated heterocycles. The van der Waals surface area contributed by atoms with E-state index < -0.39 is 0 Å². The molecular weight excluding hydrogens is 366 g/mol. The van der Waals surface area contributed by atoms with Gasteiger partial charge in [0.25, 0.3) is 0 Å². The maximum atomic E-state index is 10.0. The number of nitriles is 1. The third-order valence-electron chi connectivity index (χ3n) is 5.42. The number of nitrogens with zero attached hydrogens (tertiary/aromatic N) is 2. The normalized spacial score (nSPS) is 13.9. The molecule has 0 radical (unpaired) electrons. The van der Waals surface area contributed by atoms with Crippen LogP contribution in [0, 0.1) is 11.3 Å². The molecule has 5 heteroatoms. The summed E-state index contributed by atoms with van der Waals surface area (Å²) in [5, 5.41) is 11.0. The molecule has 0 aliphatic heterocycles. The number of ether oxygens (including phenoxy) is 1. The van der Waals surface area contributed by atoms with Crippen LogP contribution in [0.15, 0.2) is 42.5 Å². The third-order valence-corrected chi connectivity index (χ3v) is 6.41. The first-order valence-corrected chi connectivity index (χ1v) is 10.9. The van der Waals surface area contributed by atoms with Crippen LogP contribution >= 0.6 is 11.9 Å². The number of rotatable bonds is 7. The molecule has 1 aliphatic carbocycles. The SMILES string of the molecule is CCCSNc1ccc(-c2c(C#N)c3cc(OC)ccc3n2C2CCC2)cc1. The van der Waals surface area contributed by atoms with Crippen molar-refractivity contribution in [2.24, 2.45) is 0 Å². The zero-order chi connectivity index (χ0) is 19.5. The van der Waals surface area contributed by atoms with Crippen LogP contribution in [0.5, 0.6) is 5.75 Å². The van der Waals surface area contributed by atoms with Gasteiger partial charge in [-0.25, -0.2) is 0 Å². The Morgan fingerprint density at radius 3 is 2.61 bits per heavy atom. The maximum absolute atomic E-state index is 10.0. The van der Waals surface area contributed by atoms with E-state index in [1.165, 1.54) is 19.3 Å². The predicted octanol–water partition coefficient (Wildman–Crippen LogP) is 6.38. The first-order chi connectivity index (χ1) is 13.8. The summed E-state index contributed by atoms with van der Waals surface area (Å²) in [6, 6.07) is 17.4. The third kappa shape index (κ3) is 3.33. The van der Waals surface area contributed by atoms with Gasteiger partial charge in [0.2, 0.25) is 0 Å². The van der Waals surface area contributed by atoms with Crippen molar-refractivity contribution in [3.05, 3.63) is 48.0 Å². The molecular formula is C23H25N3OS. The van der Waals surface area contributed by atoms with Crippen LogP contribution in [0.25, 0.3) is 22.2 Å². The Labute approximate surface area is 170 Å². The molecule has 4 nitrogen and oxygen atoms in total. The van der Waals surface area contributed by atoms with Crippen LogP contribution < -0.4 is 9.46 Å². The molecule has 0 spiro atoms. The average molecular weight is 392 g/mol. The first-order valence-electron chi connectivity index (χ1n) is 9.87. The quantitative estimate of drug-likeness (QED) is 0.375. The van der Waals surface area contributed by atoms with E-state index in [-0.39, 0.29) is 0 Å². The summed E-state index contributed by atoms with van der Waals surface area (Å²) < 4.78 is 11.2. The van der Waals surface area contributed by atoms with Gasteiger partial charge < -0.3 is 14.0 Å². The monoisotopic (exact) mass is 391 g/mol. The minimum atomic E-state index is 0.464. The van der Waals surface area contributed by atoms with Gasteiger partial charge in [0, 0.05) is 22.9 Å². The van der Waals surface area contributed by atoms with Crippen LogP contribution in [0.2, 0.25) is 0 Å². The summed E-state index contributed by atoms with van der Waals surface area (Å²) in [7, 11) is 1.67. The Balaban J connectivity index is 1.82. The fourth-order valence-electron chi connectivity index (χ4n) is 3.77. The molecule has 0 atom stereocenters. The standard InChI is InChI=1S/C23H25N3OS/c1-3-13-28-25-17-9-7-16(8-10-17)23-21(15-24)20-14-19(27-2)11-12-22(20)26(23)18-5-4-6-18/h7-12,14,18,25H,3-6,13H2,1-2H3. The Hall–Kier alpha value is -2.58. The van der Waals surface area contributed by atoms with Crippen molar-refractivity contribution in [1.29, 1.82) is 5.26 Å². The molecule has 2 aromatic carbocycles. The average Bonchev–Trinajstić information content (AvgIpc) is 3.00. The minimum Gasteiger partial charge on any atom is -0.497 e. The number of methoxy groups -OCH3 is 1. The zero-order valence-corrected chi connectivity index (χ0v) is 17.2. The van der Waals surface area contributed by atoms with Crippen molar-refractivity contribution < 1.29 is 4.74 Å². The number of aromatic nitrogens is 1. The highest BCUT2D eigenvalue weighted by Crippen LogP contribution is 2.43. The number of benzene rings is 2. The van der Waals surface area contributed by atoms with Gasteiger partial charge >= 0.3 is 0 Å². The van der Waals surface area contributed by atoms with Gasteiger partial charge in [-0.15, -0.1) is 0 Å². The van der Waals surface area contributed by atoms with E-state index in [0.29, 0.717) is 6.04 Å². The highest BCUT2D eigenvalue weighted by molar-refractivity contribution is 8.00. The predicted molar refractivity (Wildman–Crippen MR) is 118 cm³/mol. The molecule has 1 fully saturated rings. The smallest absolute Gasteiger partial charge is 0.119 e. The second-order valence-corrected chi connectivity index (χ2v) is 8.10. The number of hydrogen-bond acceptors (Lipinski definition) is 4. The molecule has 1 aromatic heterocycles. The van der Waals surface area contributed by atoms with Gasteiger partial charge in [-0.1, -0.05) is 31.0 Å². The van der Waals surface area contributed by atoms with Crippen molar-refractivity contribution in [1.82, 2.24) is 4.57 Å². The molecule has 28 heavy (non-hydrogen) atoms. The van der Waals surface area contributed by atoms with Gasteiger partial charge in [0.05, 0.1) is 23.9 Å². The number of anilines is 1. The van der Waals surface area contributed by atoms with Crippen molar-refractivity contribution >= 4 is 28.5 Å².